The normalized spacial score (nSPS) is 10.8. The van der Waals surface area contributed by atoms with Crippen molar-refractivity contribution in [3.63, 3.8) is 0 Å². The average Bonchev–Trinajstić information content (AvgIpc) is 2.96. The number of nitriles is 1. The Hall–Kier alpha value is -4.46. The summed E-state index contributed by atoms with van der Waals surface area (Å²) in [7, 11) is 0. The summed E-state index contributed by atoms with van der Waals surface area (Å²) in [5, 5.41) is 17.0. The Morgan fingerprint density at radius 3 is 2.67 bits per heavy atom. The minimum absolute atomic E-state index is 0.256. The number of anilines is 3. The van der Waals surface area contributed by atoms with Crippen LogP contribution < -0.4 is 20.1 Å². The van der Waals surface area contributed by atoms with Crippen LogP contribution in [-0.2, 0) is 16.2 Å². The molecule has 0 aliphatic carbocycles. The van der Waals surface area contributed by atoms with Crippen LogP contribution in [0.25, 0.3) is 10.9 Å². The van der Waals surface area contributed by atoms with E-state index in [-0.39, 0.29) is 17.9 Å². The zero-order valence-corrected chi connectivity index (χ0v) is 23.6. The molecule has 40 heavy (non-hydrogen) atoms. The summed E-state index contributed by atoms with van der Waals surface area (Å²) < 4.78 is 11.5. The lowest BCUT2D eigenvalue weighted by Gasteiger charge is -2.16. The minimum Gasteiger partial charge on any atom is -0.492 e. The Morgan fingerprint density at radius 2 is 1.98 bits per heavy atom. The van der Waals surface area contributed by atoms with Gasteiger partial charge < -0.3 is 20.1 Å². The number of amides is 1. The van der Waals surface area contributed by atoms with E-state index in [4.69, 9.17) is 21.1 Å². The van der Waals surface area contributed by atoms with Gasteiger partial charge in [-0.1, -0.05) is 39.7 Å². The van der Waals surface area contributed by atoms with Crippen molar-refractivity contribution < 1.29 is 19.1 Å². The lowest BCUT2D eigenvalue weighted by Crippen LogP contribution is -2.21. The third-order valence-electron chi connectivity index (χ3n) is 5.52. The van der Waals surface area contributed by atoms with Gasteiger partial charge in [-0.05, 0) is 49.4 Å². The molecule has 0 fully saturated rings. The number of ketones is 1. The van der Waals surface area contributed by atoms with E-state index in [1.807, 2.05) is 18.2 Å². The second-order valence-corrected chi connectivity index (χ2v) is 9.27. The SMILES string of the molecule is CCOc1cc2ncc(C#N)c(Nc3ccc(OCc4ccccn4)c(Cl)c3)c2cc1NC(=O)C(=O)/C=C/CBr. The molecule has 1 amide bonds. The molecule has 2 aromatic heterocycles. The zero-order chi connectivity index (χ0) is 28.5. The van der Waals surface area contributed by atoms with Crippen molar-refractivity contribution in [3.8, 4) is 17.6 Å². The van der Waals surface area contributed by atoms with Crippen molar-refractivity contribution >= 4 is 67.2 Å². The predicted molar refractivity (Wildman–Crippen MR) is 158 cm³/mol. The summed E-state index contributed by atoms with van der Waals surface area (Å²) in [4.78, 5) is 33.3. The molecule has 2 aromatic carbocycles. The maximum atomic E-state index is 12.5. The molecule has 4 aromatic rings. The Labute approximate surface area is 243 Å². The summed E-state index contributed by atoms with van der Waals surface area (Å²) in [6, 6.07) is 16.1. The van der Waals surface area contributed by atoms with Gasteiger partial charge in [0.25, 0.3) is 5.91 Å². The third-order valence-corrected chi connectivity index (χ3v) is 6.19. The standard InChI is InChI=1S/C29H23BrClN5O4/c1-2-39-27-14-23-21(13-24(27)36-29(38)25(37)7-5-10-30)28(18(15-32)16-34-23)35-19-8-9-26(22(31)12-19)40-17-20-6-3-4-11-33-20/h3-9,11-14,16H,2,10,17H2,1H3,(H,34,35)(H,36,38)/b7-5+. The molecule has 0 aliphatic heterocycles. The second kappa shape index (κ2) is 13.6. The van der Waals surface area contributed by atoms with E-state index in [1.54, 1.807) is 43.5 Å². The number of fused-ring (bicyclic) bond motifs is 1. The average molecular weight is 621 g/mol. The Bertz CT molecular complexity index is 1620. The second-order valence-electron chi connectivity index (χ2n) is 8.21. The molecular weight excluding hydrogens is 598 g/mol. The van der Waals surface area contributed by atoms with Crippen LogP contribution in [0.5, 0.6) is 11.5 Å². The van der Waals surface area contributed by atoms with E-state index in [9.17, 15) is 14.9 Å². The molecule has 0 aliphatic rings. The van der Waals surface area contributed by atoms with E-state index in [1.165, 1.54) is 18.3 Å². The molecule has 11 heteroatoms. The number of ether oxygens (including phenoxy) is 2. The number of nitrogens with zero attached hydrogens (tertiary/aromatic N) is 3. The van der Waals surface area contributed by atoms with Crippen molar-refractivity contribution in [1.82, 2.24) is 9.97 Å². The number of hydrogen-bond acceptors (Lipinski definition) is 8. The number of alkyl halides is 1. The minimum atomic E-state index is -0.829. The fourth-order valence-electron chi connectivity index (χ4n) is 3.70. The summed E-state index contributed by atoms with van der Waals surface area (Å²) in [5.41, 5.74) is 2.82. The topological polar surface area (TPSA) is 126 Å². The molecule has 0 bridgehead atoms. The van der Waals surface area contributed by atoms with Crippen molar-refractivity contribution in [2.24, 2.45) is 0 Å². The van der Waals surface area contributed by atoms with Gasteiger partial charge in [-0.25, -0.2) is 0 Å². The van der Waals surface area contributed by atoms with E-state index in [0.29, 0.717) is 50.7 Å². The van der Waals surface area contributed by atoms with Gasteiger partial charge in [-0.2, -0.15) is 5.26 Å². The molecule has 9 nitrogen and oxygen atoms in total. The van der Waals surface area contributed by atoms with Gasteiger partial charge in [0.2, 0.25) is 5.78 Å². The number of allylic oxidation sites excluding steroid dienone is 1. The lowest BCUT2D eigenvalue weighted by molar-refractivity contribution is -0.131. The highest BCUT2D eigenvalue weighted by atomic mass is 79.9. The first-order chi connectivity index (χ1) is 19.4. The van der Waals surface area contributed by atoms with Crippen molar-refractivity contribution in [2.75, 3.05) is 22.6 Å². The maximum Gasteiger partial charge on any atom is 0.296 e. The fourth-order valence-corrected chi connectivity index (χ4v) is 4.12. The van der Waals surface area contributed by atoms with Crippen LogP contribution >= 0.6 is 27.5 Å². The van der Waals surface area contributed by atoms with Crippen LogP contribution in [-0.4, -0.2) is 33.6 Å². The first kappa shape index (κ1) is 28.5. The molecule has 0 saturated carbocycles. The third kappa shape index (κ3) is 6.94. The van der Waals surface area contributed by atoms with Gasteiger partial charge >= 0.3 is 0 Å². The summed E-state index contributed by atoms with van der Waals surface area (Å²) in [6.45, 7) is 2.37. The number of carbonyl (C=O) groups excluding carboxylic acids is 2. The number of pyridine rings is 2. The number of carbonyl (C=O) groups is 2. The first-order valence-electron chi connectivity index (χ1n) is 12.1. The van der Waals surface area contributed by atoms with Crippen molar-refractivity contribution in [2.45, 2.75) is 13.5 Å². The van der Waals surface area contributed by atoms with Crippen molar-refractivity contribution in [3.05, 3.63) is 89.4 Å². The number of aromatic nitrogens is 2. The van der Waals surface area contributed by atoms with Crippen LogP contribution in [0, 0.1) is 11.3 Å². The number of rotatable bonds is 11. The quantitative estimate of drug-likeness (QED) is 0.113. The Kier molecular flexibility index (Phi) is 9.67. The first-order valence-corrected chi connectivity index (χ1v) is 13.6. The number of nitrogens with one attached hydrogen (secondary N) is 2. The number of hydrogen-bond donors (Lipinski definition) is 2. The highest BCUT2D eigenvalue weighted by Gasteiger charge is 2.18. The van der Waals surface area contributed by atoms with Gasteiger partial charge in [0.05, 0.1) is 39.8 Å². The van der Waals surface area contributed by atoms with Crippen molar-refractivity contribution in [1.29, 1.82) is 5.26 Å². The number of benzene rings is 2. The Morgan fingerprint density at radius 1 is 1.12 bits per heavy atom. The summed E-state index contributed by atoms with van der Waals surface area (Å²) in [5.74, 6) is -0.738. The van der Waals surface area contributed by atoms with Crippen LogP contribution in [0.15, 0.2) is 73.1 Å². The molecule has 0 atom stereocenters. The maximum absolute atomic E-state index is 12.5. The van der Waals surface area contributed by atoms with Crippen LogP contribution in [0.1, 0.15) is 18.2 Å². The Balaban J connectivity index is 1.67. The molecule has 0 saturated heterocycles. The van der Waals surface area contributed by atoms with Gasteiger partial charge in [0.15, 0.2) is 0 Å². The smallest absolute Gasteiger partial charge is 0.296 e. The molecule has 0 unspecified atom stereocenters. The summed E-state index contributed by atoms with van der Waals surface area (Å²) >= 11 is 9.67. The highest BCUT2D eigenvalue weighted by Crippen LogP contribution is 2.37. The number of halogens is 2. The zero-order valence-electron chi connectivity index (χ0n) is 21.3. The van der Waals surface area contributed by atoms with Crippen LogP contribution in [0.3, 0.4) is 0 Å². The summed E-state index contributed by atoms with van der Waals surface area (Å²) in [6.07, 6.45) is 5.84. The molecule has 4 rings (SSSR count). The highest BCUT2D eigenvalue weighted by molar-refractivity contribution is 9.09. The fraction of sp³-hybridized carbons (Fsp3) is 0.138. The van der Waals surface area contributed by atoms with Gasteiger partial charge in [-0.3, -0.25) is 19.6 Å². The van der Waals surface area contributed by atoms with Crippen LogP contribution in [0.2, 0.25) is 5.02 Å². The molecular formula is C29H23BrClN5O4. The molecule has 2 heterocycles. The largest absolute Gasteiger partial charge is 0.492 e. The molecule has 0 spiro atoms. The van der Waals surface area contributed by atoms with E-state index < -0.39 is 11.7 Å². The van der Waals surface area contributed by atoms with E-state index in [2.05, 4.69) is 42.6 Å². The van der Waals surface area contributed by atoms with E-state index in [0.717, 1.165) is 5.69 Å². The van der Waals surface area contributed by atoms with Gasteiger partial charge in [0.1, 0.15) is 24.2 Å². The van der Waals surface area contributed by atoms with Crippen LogP contribution in [0.4, 0.5) is 17.1 Å². The lowest BCUT2D eigenvalue weighted by atomic mass is 10.1. The molecule has 2 N–H and O–H groups in total. The molecule has 0 radical (unpaired) electrons. The monoisotopic (exact) mass is 619 g/mol. The van der Waals surface area contributed by atoms with Gasteiger partial charge in [-0.15, -0.1) is 0 Å². The van der Waals surface area contributed by atoms with E-state index >= 15 is 0 Å². The molecule has 202 valence electrons. The predicted octanol–water partition coefficient (Wildman–Crippen LogP) is 6.33. The van der Waals surface area contributed by atoms with Gasteiger partial charge in [0, 0.05) is 34.9 Å².